The second-order valence-corrected chi connectivity index (χ2v) is 7.71. The van der Waals surface area contributed by atoms with Gasteiger partial charge in [0.15, 0.2) is 5.82 Å². The van der Waals surface area contributed by atoms with Crippen molar-refractivity contribution in [3.05, 3.63) is 52.6 Å². The summed E-state index contributed by atoms with van der Waals surface area (Å²) in [5.74, 6) is -1.16. The van der Waals surface area contributed by atoms with Gasteiger partial charge in [0.25, 0.3) is 18.1 Å². The zero-order valence-electron chi connectivity index (χ0n) is 16.8. The van der Waals surface area contributed by atoms with E-state index >= 15 is 0 Å². The molecule has 0 saturated carbocycles. The lowest BCUT2D eigenvalue weighted by atomic mass is 9.84. The SMILES string of the molecule is Cc1cc(C(=O)N2CC[C@@H](C)[C@H](c3cc(C(F)F)nc4ncnn34)C2)c(F)c(C)n1. The Morgan fingerprint density at radius 1 is 1.23 bits per heavy atom. The molecule has 0 N–H and O–H groups in total. The summed E-state index contributed by atoms with van der Waals surface area (Å²) < 4.78 is 42.7. The van der Waals surface area contributed by atoms with E-state index in [9.17, 15) is 18.0 Å². The topological polar surface area (TPSA) is 76.3 Å². The predicted octanol–water partition coefficient (Wildman–Crippen LogP) is 3.48. The highest BCUT2D eigenvalue weighted by atomic mass is 19.3. The first-order valence-corrected chi connectivity index (χ1v) is 9.68. The lowest BCUT2D eigenvalue weighted by molar-refractivity contribution is 0.0660. The summed E-state index contributed by atoms with van der Waals surface area (Å²) in [6.45, 7) is 5.92. The fraction of sp³-hybridized carbons (Fsp3) is 0.450. The standard InChI is InChI=1S/C20H21F3N6O/c1-10-4-5-28(19(30)13-6-11(2)26-12(3)17(13)21)8-14(10)16-7-15(18(22)23)27-20-24-9-25-29(16)20/h6-7,9-10,14,18H,4-5,8H2,1-3H3/t10-,14-/m1/s1. The van der Waals surface area contributed by atoms with Crippen molar-refractivity contribution in [1.82, 2.24) is 29.5 Å². The van der Waals surface area contributed by atoms with Gasteiger partial charge in [0.1, 0.15) is 12.0 Å². The summed E-state index contributed by atoms with van der Waals surface area (Å²) in [6, 6.07) is 2.76. The molecule has 1 aliphatic rings. The third-order valence-corrected chi connectivity index (χ3v) is 5.63. The number of nitrogens with zero attached hydrogens (tertiary/aromatic N) is 6. The van der Waals surface area contributed by atoms with Gasteiger partial charge >= 0.3 is 0 Å². The maximum Gasteiger partial charge on any atom is 0.280 e. The molecule has 3 aromatic rings. The molecule has 30 heavy (non-hydrogen) atoms. The van der Waals surface area contributed by atoms with Gasteiger partial charge < -0.3 is 4.90 Å². The summed E-state index contributed by atoms with van der Waals surface area (Å²) >= 11 is 0. The van der Waals surface area contributed by atoms with Crippen molar-refractivity contribution in [2.24, 2.45) is 5.92 Å². The van der Waals surface area contributed by atoms with Crippen molar-refractivity contribution >= 4 is 11.7 Å². The molecule has 1 saturated heterocycles. The minimum Gasteiger partial charge on any atom is -0.338 e. The van der Waals surface area contributed by atoms with Gasteiger partial charge in [-0.05, 0) is 38.3 Å². The Kier molecular flexibility index (Phi) is 5.17. The van der Waals surface area contributed by atoms with E-state index in [4.69, 9.17) is 0 Å². The average Bonchev–Trinajstić information content (AvgIpc) is 3.18. The molecule has 1 amide bonds. The van der Waals surface area contributed by atoms with Crippen LogP contribution in [0.1, 0.15) is 58.8 Å². The van der Waals surface area contributed by atoms with Crippen LogP contribution in [0.3, 0.4) is 0 Å². The number of fused-ring (bicyclic) bond motifs is 1. The molecule has 10 heteroatoms. The van der Waals surface area contributed by atoms with Crippen LogP contribution >= 0.6 is 0 Å². The summed E-state index contributed by atoms with van der Waals surface area (Å²) in [6.07, 6.45) is -0.849. The third kappa shape index (κ3) is 3.50. The molecule has 0 bridgehead atoms. The molecule has 3 aromatic heterocycles. The smallest absolute Gasteiger partial charge is 0.280 e. The molecule has 1 fully saturated rings. The number of rotatable bonds is 3. The number of carbonyl (C=O) groups excluding carboxylic acids is 1. The van der Waals surface area contributed by atoms with Crippen LogP contribution in [0.15, 0.2) is 18.5 Å². The first-order chi connectivity index (χ1) is 14.3. The number of aromatic nitrogens is 5. The van der Waals surface area contributed by atoms with Crippen molar-refractivity contribution < 1.29 is 18.0 Å². The van der Waals surface area contributed by atoms with Crippen LogP contribution in [0.5, 0.6) is 0 Å². The van der Waals surface area contributed by atoms with Crippen LogP contribution in [-0.2, 0) is 0 Å². The Morgan fingerprint density at radius 2 is 2.00 bits per heavy atom. The highest BCUT2D eigenvalue weighted by Crippen LogP contribution is 2.34. The van der Waals surface area contributed by atoms with E-state index in [0.29, 0.717) is 24.4 Å². The second kappa shape index (κ2) is 7.66. The Labute approximate surface area is 171 Å². The summed E-state index contributed by atoms with van der Waals surface area (Å²) in [5.41, 5.74) is 0.828. The van der Waals surface area contributed by atoms with E-state index in [0.717, 1.165) is 0 Å². The minimum atomic E-state index is -2.75. The monoisotopic (exact) mass is 418 g/mol. The van der Waals surface area contributed by atoms with Crippen LogP contribution in [0.2, 0.25) is 0 Å². The first-order valence-electron chi connectivity index (χ1n) is 9.68. The molecule has 158 valence electrons. The van der Waals surface area contributed by atoms with E-state index in [1.54, 1.807) is 11.8 Å². The van der Waals surface area contributed by atoms with Gasteiger partial charge in [0, 0.05) is 24.7 Å². The largest absolute Gasteiger partial charge is 0.338 e. The average molecular weight is 418 g/mol. The van der Waals surface area contributed by atoms with Crippen LogP contribution in [-0.4, -0.2) is 48.5 Å². The minimum absolute atomic E-state index is 0.0257. The van der Waals surface area contributed by atoms with Crippen molar-refractivity contribution in [3.63, 3.8) is 0 Å². The number of alkyl halides is 2. The van der Waals surface area contributed by atoms with Gasteiger partial charge in [-0.25, -0.2) is 22.7 Å². The predicted molar refractivity (Wildman–Crippen MR) is 102 cm³/mol. The molecule has 0 aliphatic carbocycles. The van der Waals surface area contributed by atoms with Gasteiger partial charge in [-0.15, -0.1) is 0 Å². The van der Waals surface area contributed by atoms with Crippen LogP contribution in [0.25, 0.3) is 5.78 Å². The Balaban J connectivity index is 1.71. The van der Waals surface area contributed by atoms with Crippen LogP contribution in [0.4, 0.5) is 13.2 Å². The van der Waals surface area contributed by atoms with Crippen LogP contribution < -0.4 is 0 Å². The number of hydrogen-bond donors (Lipinski definition) is 0. The number of carbonyl (C=O) groups is 1. The number of halogens is 3. The number of amides is 1. The Hall–Kier alpha value is -3.04. The number of aryl methyl sites for hydroxylation is 2. The van der Waals surface area contributed by atoms with E-state index in [-0.39, 0.29) is 41.1 Å². The molecular formula is C20H21F3N6O. The molecular weight excluding hydrogens is 397 g/mol. The van der Waals surface area contributed by atoms with Gasteiger partial charge in [-0.2, -0.15) is 10.1 Å². The van der Waals surface area contributed by atoms with Crippen molar-refractivity contribution in [2.45, 2.75) is 39.5 Å². The molecule has 1 aliphatic heterocycles. The van der Waals surface area contributed by atoms with Gasteiger partial charge in [0.2, 0.25) is 0 Å². The summed E-state index contributed by atoms with van der Waals surface area (Å²) in [4.78, 5) is 26.5. The van der Waals surface area contributed by atoms with Crippen molar-refractivity contribution in [3.8, 4) is 0 Å². The maximum absolute atomic E-state index is 14.6. The summed E-state index contributed by atoms with van der Waals surface area (Å²) in [7, 11) is 0. The fourth-order valence-corrected chi connectivity index (χ4v) is 4.01. The van der Waals surface area contributed by atoms with Crippen LogP contribution in [0, 0.1) is 25.6 Å². The normalized spacial score (nSPS) is 19.6. The lowest BCUT2D eigenvalue weighted by Gasteiger charge is -2.37. The zero-order valence-corrected chi connectivity index (χ0v) is 16.8. The molecule has 2 atom stereocenters. The van der Waals surface area contributed by atoms with E-state index in [1.807, 2.05) is 6.92 Å². The molecule has 0 unspecified atom stereocenters. The molecule has 4 rings (SSSR count). The first kappa shape index (κ1) is 20.2. The quantitative estimate of drug-likeness (QED) is 0.651. The maximum atomic E-state index is 14.6. The van der Waals surface area contributed by atoms with E-state index in [1.165, 1.54) is 29.9 Å². The summed E-state index contributed by atoms with van der Waals surface area (Å²) in [5, 5.41) is 4.12. The highest BCUT2D eigenvalue weighted by Gasteiger charge is 2.34. The molecule has 7 nitrogen and oxygen atoms in total. The van der Waals surface area contributed by atoms with Gasteiger partial charge in [-0.1, -0.05) is 6.92 Å². The molecule has 0 radical (unpaired) electrons. The fourth-order valence-electron chi connectivity index (χ4n) is 4.01. The lowest BCUT2D eigenvalue weighted by Crippen LogP contribution is -2.43. The third-order valence-electron chi connectivity index (χ3n) is 5.63. The Bertz CT molecular complexity index is 1120. The molecule has 0 spiro atoms. The van der Waals surface area contributed by atoms with E-state index < -0.39 is 18.1 Å². The van der Waals surface area contributed by atoms with Crippen molar-refractivity contribution in [2.75, 3.05) is 13.1 Å². The second-order valence-electron chi connectivity index (χ2n) is 7.71. The number of pyridine rings is 1. The molecule has 4 heterocycles. The van der Waals surface area contributed by atoms with E-state index in [2.05, 4.69) is 20.1 Å². The van der Waals surface area contributed by atoms with Crippen molar-refractivity contribution in [1.29, 1.82) is 0 Å². The Morgan fingerprint density at radius 3 is 2.73 bits per heavy atom. The number of hydrogen-bond acceptors (Lipinski definition) is 5. The van der Waals surface area contributed by atoms with Gasteiger partial charge in [-0.3, -0.25) is 9.78 Å². The molecule has 0 aromatic carbocycles. The number of likely N-dealkylation sites (tertiary alicyclic amines) is 1. The highest BCUT2D eigenvalue weighted by molar-refractivity contribution is 5.94. The van der Waals surface area contributed by atoms with Gasteiger partial charge in [0.05, 0.1) is 17.0 Å². The number of piperidine rings is 1. The zero-order chi connectivity index (χ0) is 21.6.